The first kappa shape index (κ1) is 52.8. The molecule has 12 nitrogen and oxygen atoms in total. The second-order valence-corrected chi connectivity index (χ2v) is 18.3. The van der Waals surface area contributed by atoms with Gasteiger partial charge in [0.15, 0.2) is 5.78 Å². The highest BCUT2D eigenvalue weighted by molar-refractivity contribution is 6.39. The monoisotopic (exact) mass is 867 g/mol. The molecular weight excluding hydrogens is 789 g/mol. The minimum atomic E-state index is -2.39. The maximum atomic E-state index is 13.5. The van der Waals surface area contributed by atoms with Crippen molar-refractivity contribution in [3.63, 3.8) is 0 Å². The number of allylic oxidation sites excluding steroid dienone is 8. The Hall–Kier alpha value is -3.55. The average Bonchev–Trinajstić information content (AvgIpc) is 3.27. The fraction of sp³-hybridized carbons (Fsp3) is 0.700. The maximum absolute atomic E-state index is 13.5. The second-order valence-electron chi connectivity index (χ2n) is 18.3. The van der Waals surface area contributed by atoms with Crippen molar-refractivity contribution in [2.75, 3.05) is 27.8 Å². The Balaban J connectivity index is 1.43. The van der Waals surface area contributed by atoms with Crippen LogP contribution < -0.4 is 5.32 Å². The van der Waals surface area contributed by atoms with Crippen LogP contribution in [0.5, 0.6) is 0 Å². The number of aliphatic hydroxyl groups is 1. The number of likely N-dealkylation sites (tertiary alicyclic amines) is 1. The van der Waals surface area contributed by atoms with E-state index in [1.54, 1.807) is 34.3 Å². The summed E-state index contributed by atoms with van der Waals surface area (Å²) in [5.41, 5.74) is 0.931. The van der Waals surface area contributed by atoms with Crippen LogP contribution in [0.2, 0.25) is 0 Å². The third-order valence-corrected chi connectivity index (χ3v) is 13.5. The normalized spacial score (nSPS) is 27.8. The molecular formula is C50H78N2O10. The Kier molecular flexibility index (Phi) is 22.4. The van der Waals surface area contributed by atoms with E-state index in [4.69, 9.17) is 14.2 Å². The number of Topliss-reactive ketones (excluding diaryl/α,β-unsaturated/α-hetero) is 3. The molecule has 2 unspecified atom stereocenters. The zero-order valence-corrected chi connectivity index (χ0v) is 38.8. The number of ketones is 3. The summed E-state index contributed by atoms with van der Waals surface area (Å²) in [6, 6.07) is -1.10. The van der Waals surface area contributed by atoms with Gasteiger partial charge in [0, 0.05) is 51.9 Å². The van der Waals surface area contributed by atoms with Gasteiger partial charge in [-0.15, -0.1) is 6.58 Å². The van der Waals surface area contributed by atoms with Crippen LogP contribution in [0.25, 0.3) is 0 Å². The van der Waals surface area contributed by atoms with Crippen LogP contribution in [0, 0.1) is 23.7 Å². The van der Waals surface area contributed by atoms with Crippen molar-refractivity contribution in [1.82, 2.24) is 10.2 Å². The van der Waals surface area contributed by atoms with E-state index in [0.29, 0.717) is 88.6 Å². The van der Waals surface area contributed by atoms with Crippen molar-refractivity contribution in [3.8, 4) is 0 Å². The molecule has 62 heavy (non-hydrogen) atoms. The molecule has 0 aromatic rings. The molecule has 2 aliphatic heterocycles. The molecule has 1 amide bonds. The molecule has 0 aromatic carbocycles. The fourth-order valence-electron chi connectivity index (χ4n) is 9.22. The molecule has 2 heterocycles. The number of amides is 1. The lowest BCUT2D eigenvalue weighted by Gasteiger charge is -2.48. The first-order valence-corrected chi connectivity index (χ1v) is 23.1. The molecule has 3 N–H and O–H groups in total. The van der Waals surface area contributed by atoms with Crippen LogP contribution in [-0.2, 0) is 38.2 Å². The number of hydrogen-bond donors (Lipinski definition) is 3. The molecule has 2 saturated heterocycles. The third kappa shape index (κ3) is 15.9. The number of carbonyl (C=O) groups excluding carboxylic acids is 4. The largest absolute Gasteiger partial charge is 0.480 e. The topological polar surface area (TPSA) is 169 Å². The Morgan fingerprint density at radius 2 is 1.74 bits per heavy atom. The Morgan fingerprint density at radius 1 is 0.984 bits per heavy atom. The number of rotatable bonds is 26. The van der Waals surface area contributed by atoms with Crippen LogP contribution in [-0.4, -0.2) is 102 Å². The lowest BCUT2D eigenvalue weighted by Crippen LogP contribution is -2.65. The number of nitrogens with one attached hydrogen (secondary N) is 1. The third-order valence-electron chi connectivity index (χ3n) is 13.5. The zero-order valence-electron chi connectivity index (χ0n) is 38.8. The molecule has 12 heteroatoms. The summed E-state index contributed by atoms with van der Waals surface area (Å²) in [5.74, 6) is -5.34. The fourth-order valence-corrected chi connectivity index (χ4v) is 9.22. The quantitative estimate of drug-likeness (QED) is 0.0434. The number of carboxylic acid groups (broad SMARTS) is 1. The SMILES string of the molecule is C=C[C@H](CC/C=C/C=C/C=C(\C)CC[C@]1(NC)CC[C@@H](C)[C@](O)(C(=O)C(=O)N2CCCCC2C(=O)O)O1)C(=O)[C@@H](C/C(C)=C/CC(=O)CC[C@H](C)CC1CCC[C@H](OC)C1)OC. The van der Waals surface area contributed by atoms with Gasteiger partial charge in [-0.2, -0.15) is 0 Å². The maximum Gasteiger partial charge on any atom is 0.326 e. The van der Waals surface area contributed by atoms with Crippen molar-refractivity contribution < 1.29 is 48.4 Å². The van der Waals surface area contributed by atoms with Gasteiger partial charge in [0.05, 0.1) is 6.10 Å². The summed E-state index contributed by atoms with van der Waals surface area (Å²) in [4.78, 5) is 65.8. The molecule has 0 bridgehead atoms. The number of carboxylic acids is 1. The predicted octanol–water partition coefficient (Wildman–Crippen LogP) is 8.38. The molecule has 3 fully saturated rings. The summed E-state index contributed by atoms with van der Waals surface area (Å²) < 4.78 is 17.3. The van der Waals surface area contributed by atoms with Gasteiger partial charge in [-0.3, -0.25) is 24.5 Å². The highest BCUT2D eigenvalue weighted by Crippen LogP contribution is 2.41. The van der Waals surface area contributed by atoms with E-state index >= 15 is 0 Å². The van der Waals surface area contributed by atoms with E-state index in [9.17, 15) is 34.2 Å². The van der Waals surface area contributed by atoms with E-state index in [1.165, 1.54) is 12.8 Å². The molecule has 3 aliphatic rings. The van der Waals surface area contributed by atoms with Gasteiger partial charge in [0.25, 0.3) is 11.7 Å². The molecule has 0 radical (unpaired) electrons. The van der Waals surface area contributed by atoms with Gasteiger partial charge in [-0.05, 0) is 116 Å². The number of aliphatic carboxylic acids is 1. The van der Waals surface area contributed by atoms with Crippen LogP contribution in [0.3, 0.4) is 0 Å². The lowest BCUT2D eigenvalue weighted by molar-refractivity contribution is -0.303. The summed E-state index contributed by atoms with van der Waals surface area (Å²) in [6.45, 7) is 11.9. The summed E-state index contributed by atoms with van der Waals surface area (Å²) >= 11 is 0. The van der Waals surface area contributed by atoms with Crippen LogP contribution in [0.4, 0.5) is 0 Å². The van der Waals surface area contributed by atoms with Crippen LogP contribution in [0.1, 0.15) is 143 Å². The van der Waals surface area contributed by atoms with E-state index in [0.717, 1.165) is 41.7 Å². The summed E-state index contributed by atoms with van der Waals surface area (Å²) in [7, 11) is 5.04. The summed E-state index contributed by atoms with van der Waals surface area (Å²) in [6.07, 6.45) is 26.0. The van der Waals surface area contributed by atoms with Crippen molar-refractivity contribution >= 4 is 29.2 Å². The van der Waals surface area contributed by atoms with Gasteiger partial charge in [-0.1, -0.05) is 80.4 Å². The molecule has 0 aromatic heterocycles. The minimum absolute atomic E-state index is 0.0182. The van der Waals surface area contributed by atoms with E-state index in [1.807, 2.05) is 50.3 Å². The van der Waals surface area contributed by atoms with Gasteiger partial charge < -0.3 is 29.3 Å². The van der Waals surface area contributed by atoms with E-state index < -0.39 is 47.2 Å². The first-order chi connectivity index (χ1) is 29.5. The van der Waals surface area contributed by atoms with Crippen LogP contribution in [0.15, 0.2) is 60.3 Å². The highest BCUT2D eigenvalue weighted by atomic mass is 16.7. The number of methoxy groups -OCH3 is 2. The molecule has 9 atom stereocenters. The predicted molar refractivity (Wildman–Crippen MR) is 242 cm³/mol. The molecule has 1 saturated carbocycles. The Labute approximate surface area is 371 Å². The number of hydrogen-bond acceptors (Lipinski definition) is 10. The van der Waals surface area contributed by atoms with E-state index in [2.05, 4.69) is 18.8 Å². The Bertz CT molecular complexity index is 1630. The van der Waals surface area contributed by atoms with Crippen molar-refractivity contribution in [2.24, 2.45) is 23.7 Å². The van der Waals surface area contributed by atoms with Gasteiger partial charge in [-0.25, -0.2) is 4.79 Å². The lowest BCUT2D eigenvalue weighted by atomic mass is 9.80. The van der Waals surface area contributed by atoms with Crippen molar-refractivity contribution in [3.05, 3.63) is 60.3 Å². The van der Waals surface area contributed by atoms with E-state index in [-0.39, 0.29) is 30.4 Å². The second kappa shape index (κ2) is 26.3. The molecule has 3 rings (SSSR count). The van der Waals surface area contributed by atoms with Gasteiger partial charge in [0.2, 0.25) is 5.79 Å². The zero-order chi connectivity index (χ0) is 45.9. The molecule has 348 valence electrons. The molecule has 0 spiro atoms. The highest BCUT2D eigenvalue weighted by Gasteiger charge is 2.56. The van der Waals surface area contributed by atoms with Crippen molar-refractivity contribution in [1.29, 1.82) is 0 Å². The minimum Gasteiger partial charge on any atom is -0.480 e. The van der Waals surface area contributed by atoms with Gasteiger partial charge in [0.1, 0.15) is 23.7 Å². The van der Waals surface area contributed by atoms with Gasteiger partial charge >= 0.3 is 5.97 Å². The number of ether oxygens (including phenoxy) is 3. The van der Waals surface area contributed by atoms with Crippen molar-refractivity contribution in [2.45, 2.75) is 173 Å². The first-order valence-electron chi connectivity index (χ1n) is 23.1. The number of carbonyl (C=O) groups is 5. The molecule has 1 aliphatic carbocycles. The number of piperidine rings is 1. The Morgan fingerprint density at radius 3 is 2.42 bits per heavy atom. The number of nitrogens with zero attached hydrogens (tertiary/aromatic N) is 1. The summed E-state index contributed by atoms with van der Waals surface area (Å²) in [5, 5.41) is 24.4. The smallest absolute Gasteiger partial charge is 0.326 e. The van der Waals surface area contributed by atoms with Crippen LogP contribution >= 0.6 is 0 Å². The average molecular weight is 867 g/mol. The standard InChI is InChI=1S/C50H78N2O10/c1-9-40(45(54)44(61-8)33-37(4)24-26-41(53)25-23-36(3)32-39-19-17-21-42(34-39)60-7)20-14-12-10-11-13-18-35(2)27-29-49(51-6)30-28-38(5)50(59,62-49)46(55)47(56)52-31-16-15-22-43(52)48(57)58/h9-13,18,24,36,38-40,42-44,51,59H,1,14-17,19-23,25-34H2,2-8H3,(H,57,58)/b12-10+,13-11+,35-18+,37-24+/t36-,38+,39?,40+,42-,43?,44+,49+,50+/m0/s1.